The van der Waals surface area contributed by atoms with Gasteiger partial charge >= 0.3 is 6.01 Å². The Morgan fingerprint density at radius 3 is 2.65 bits per heavy atom. The van der Waals surface area contributed by atoms with Gasteiger partial charge in [0.25, 0.3) is 0 Å². The number of amides is 1. The minimum Gasteiger partial charge on any atom is -0.463 e. The molecule has 0 radical (unpaired) electrons. The van der Waals surface area contributed by atoms with E-state index in [0.717, 1.165) is 0 Å². The lowest BCUT2D eigenvalue weighted by atomic mass is 9.83. The van der Waals surface area contributed by atoms with Crippen LogP contribution in [0.5, 0.6) is 6.01 Å². The lowest BCUT2D eigenvalue weighted by molar-refractivity contribution is -0.141. The number of rotatable bonds is 4. The average Bonchev–Trinajstić information content (AvgIpc) is 2.74. The van der Waals surface area contributed by atoms with Gasteiger partial charge in [-0.2, -0.15) is 0 Å². The Morgan fingerprint density at radius 1 is 1.39 bits per heavy atom. The van der Waals surface area contributed by atoms with Crippen molar-refractivity contribution in [1.82, 2.24) is 14.9 Å². The molecule has 0 aromatic carbocycles. The second-order valence-electron chi connectivity index (χ2n) is 6.56. The quantitative estimate of drug-likeness (QED) is 0.795. The summed E-state index contributed by atoms with van der Waals surface area (Å²) in [5, 5.41) is 0. The molecule has 0 N–H and O–H groups in total. The molecule has 1 atom stereocenters. The van der Waals surface area contributed by atoms with Crippen molar-refractivity contribution in [1.29, 1.82) is 0 Å². The molecule has 23 heavy (non-hydrogen) atoms. The van der Waals surface area contributed by atoms with E-state index >= 15 is 0 Å². The summed E-state index contributed by atoms with van der Waals surface area (Å²) in [6, 6.07) is 1.94. The highest BCUT2D eigenvalue weighted by molar-refractivity contribution is 7.93. The Morgan fingerprint density at radius 2 is 2.04 bits per heavy atom. The number of carbonyl (C=O) groups is 1. The summed E-state index contributed by atoms with van der Waals surface area (Å²) in [6.45, 7) is 4.45. The van der Waals surface area contributed by atoms with Crippen LogP contribution < -0.4 is 4.74 Å². The molecule has 0 bridgehead atoms. The first-order valence-corrected chi connectivity index (χ1v) is 9.42. The predicted octanol–water partition coefficient (Wildman–Crippen LogP) is 0.527. The van der Waals surface area contributed by atoms with Crippen LogP contribution in [0.25, 0.3) is 0 Å². The van der Waals surface area contributed by atoms with E-state index < -0.39 is 14.6 Å². The van der Waals surface area contributed by atoms with Crippen molar-refractivity contribution in [3.05, 3.63) is 18.5 Å². The highest BCUT2D eigenvalue weighted by atomic mass is 32.2. The normalized spacial score (nSPS) is 24.7. The molecule has 126 valence electrons. The maximum atomic E-state index is 12.5. The summed E-state index contributed by atoms with van der Waals surface area (Å²) in [4.78, 5) is 21.7. The van der Waals surface area contributed by atoms with Crippen LogP contribution >= 0.6 is 0 Å². The van der Waals surface area contributed by atoms with E-state index in [-0.39, 0.29) is 49.2 Å². The van der Waals surface area contributed by atoms with Gasteiger partial charge in [0.05, 0.1) is 12.4 Å². The molecular formula is C15H21N3O4S. The molecule has 1 unspecified atom stereocenters. The molecule has 8 heteroatoms. The highest BCUT2D eigenvalue weighted by Crippen LogP contribution is 2.45. The van der Waals surface area contributed by atoms with Crippen LogP contribution in [-0.2, 0) is 14.6 Å². The Labute approximate surface area is 136 Å². The summed E-state index contributed by atoms with van der Waals surface area (Å²) < 4.78 is 29.7. The maximum absolute atomic E-state index is 12.5. The van der Waals surface area contributed by atoms with Crippen molar-refractivity contribution in [3.8, 4) is 6.01 Å². The molecule has 2 fully saturated rings. The van der Waals surface area contributed by atoms with Crippen molar-refractivity contribution in [2.45, 2.75) is 25.0 Å². The maximum Gasteiger partial charge on any atom is 0.316 e. The summed E-state index contributed by atoms with van der Waals surface area (Å²) in [6.07, 6.45) is 3.71. The number of hydrogen-bond donors (Lipinski definition) is 0. The zero-order valence-corrected chi connectivity index (χ0v) is 14.1. The molecule has 2 saturated heterocycles. The third-order valence-electron chi connectivity index (χ3n) is 4.78. The van der Waals surface area contributed by atoms with Gasteiger partial charge in [0.2, 0.25) is 5.91 Å². The molecule has 1 spiro atoms. The van der Waals surface area contributed by atoms with Gasteiger partial charge in [-0.1, -0.05) is 13.8 Å². The molecule has 0 aliphatic carbocycles. The number of ether oxygens (including phenoxy) is 1. The largest absolute Gasteiger partial charge is 0.463 e. The number of hydrogen-bond acceptors (Lipinski definition) is 6. The molecule has 1 aromatic rings. The average molecular weight is 339 g/mol. The third kappa shape index (κ3) is 2.69. The first-order chi connectivity index (χ1) is 10.9. The third-order valence-corrected chi connectivity index (χ3v) is 7.38. The Bertz CT molecular complexity index is 684. The van der Waals surface area contributed by atoms with Crippen LogP contribution in [0.15, 0.2) is 18.5 Å². The highest BCUT2D eigenvalue weighted by Gasteiger charge is 2.62. The van der Waals surface area contributed by atoms with Gasteiger partial charge in [-0.15, -0.1) is 0 Å². The molecule has 2 aliphatic rings. The minimum absolute atomic E-state index is 0.00351. The van der Waals surface area contributed by atoms with Gasteiger partial charge in [-0.05, 0) is 12.5 Å². The predicted molar refractivity (Wildman–Crippen MR) is 83.6 cm³/mol. The van der Waals surface area contributed by atoms with Gasteiger partial charge in [0.15, 0.2) is 9.84 Å². The van der Waals surface area contributed by atoms with E-state index in [1.165, 1.54) is 0 Å². The number of likely N-dealkylation sites (tertiary alicyclic amines) is 1. The molecule has 1 aromatic heterocycles. The van der Waals surface area contributed by atoms with E-state index in [4.69, 9.17) is 4.74 Å². The number of nitrogens with zero attached hydrogens (tertiary/aromatic N) is 3. The Kier molecular flexibility index (Phi) is 4.03. The lowest BCUT2D eigenvalue weighted by Crippen LogP contribution is -2.69. The summed E-state index contributed by atoms with van der Waals surface area (Å²) >= 11 is 0. The van der Waals surface area contributed by atoms with Crippen molar-refractivity contribution < 1.29 is 17.9 Å². The fourth-order valence-electron chi connectivity index (χ4n) is 3.36. The minimum atomic E-state index is -3.21. The van der Waals surface area contributed by atoms with E-state index in [0.29, 0.717) is 6.42 Å². The van der Waals surface area contributed by atoms with Crippen molar-refractivity contribution in [3.63, 3.8) is 0 Å². The molecule has 1 amide bonds. The number of sulfone groups is 1. The second-order valence-corrected chi connectivity index (χ2v) is 9.01. The van der Waals surface area contributed by atoms with E-state index in [9.17, 15) is 13.2 Å². The Hall–Kier alpha value is -1.70. The Balaban J connectivity index is 1.70. The van der Waals surface area contributed by atoms with Gasteiger partial charge in [0, 0.05) is 37.3 Å². The number of carbonyl (C=O) groups excluding carboxylic acids is 1. The molecule has 3 rings (SSSR count). The van der Waals surface area contributed by atoms with Crippen molar-refractivity contribution in [2.24, 2.45) is 11.8 Å². The smallest absolute Gasteiger partial charge is 0.316 e. The van der Waals surface area contributed by atoms with Gasteiger partial charge < -0.3 is 9.64 Å². The molecular weight excluding hydrogens is 318 g/mol. The fourth-order valence-corrected chi connectivity index (χ4v) is 5.76. The first-order valence-electron chi connectivity index (χ1n) is 7.77. The summed E-state index contributed by atoms with van der Waals surface area (Å²) in [5.74, 6) is -0.0967. The van der Waals surface area contributed by atoms with Crippen LogP contribution in [0.2, 0.25) is 0 Å². The zero-order chi connectivity index (χ0) is 16.7. The second kappa shape index (κ2) is 5.74. The van der Waals surface area contributed by atoms with Crippen molar-refractivity contribution >= 4 is 15.7 Å². The summed E-state index contributed by atoms with van der Waals surface area (Å²) in [7, 11) is -3.21. The molecule has 0 saturated carbocycles. The van der Waals surface area contributed by atoms with E-state index in [1.807, 2.05) is 13.8 Å². The van der Waals surface area contributed by atoms with Crippen LogP contribution in [0.4, 0.5) is 0 Å². The van der Waals surface area contributed by atoms with Crippen LogP contribution in [0.1, 0.15) is 20.3 Å². The molecule has 7 nitrogen and oxygen atoms in total. The zero-order valence-electron chi connectivity index (χ0n) is 13.3. The number of aromatic nitrogens is 2. The van der Waals surface area contributed by atoms with Crippen LogP contribution in [0, 0.1) is 11.8 Å². The van der Waals surface area contributed by atoms with Crippen LogP contribution in [-0.4, -0.2) is 59.4 Å². The monoisotopic (exact) mass is 339 g/mol. The van der Waals surface area contributed by atoms with E-state index in [2.05, 4.69) is 9.97 Å². The molecule has 3 heterocycles. The lowest BCUT2D eigenvalue weighted by Gasteiger charge is -2.50. The molecule has 2 aliphatic heterocycles. The standard InChI is InChI=1S/C15H21N3O4S/c1-11(2)13(19)18-9-15(10-18)12(4-7-23(15,20)21)8-22-14-16-5-3-6-17-14/h3,5-6,11-12H,4,7-10H2,1-2H3. The van der Waals surface area contributed by atoms with Gasteiger partial charge in [-0.3, -0.25) is 4.79 Å². The van der Waals surface area contributed by atoms with Gasteiger partial charge in [0.1, 0.15) is 4.75 Å². The topological polar surface area (TPSA) is 89.5 Å². The van der Waals surface area contributed by atoms with Gasteiger partial charge in [-0.25, -0.2) is 18.4 Å². The van der Waals surface area contributed by atoms with E-state index in [1.54, 1.807) is 23.4 Å². The first kappa shape index (κ1) is 16.2. The SMILES string of the molecule is CC(C)C(=O)N1CC2(C1)C(COc1ncccn1)CCS2(=O)=O. The fraction of sp³-hybridized carbons (Fsp3) is 0.667. The summed E-state index contributed by atoms with van der Waals surface area (Å²) in [5.41, 5.74) is 0. The van der Waals surface area contributed by atoms with Crippen molar-refractivity contribution in [2.75, 3.05) is 25.4 Å². The van der Waals surface area contributed by atoms with Crippen LogP contribution in [0.3, 0.4) is 0 Å².